The van der Waals surface area contributed by atoms with Crippen LogP contribution in [-0.2, 0) is 74.2 Å². The summed E-state index contributed by atoms with van der Waals surface area (Å²) in [4.78, 5) is 80.1. The van der Waals surface area contributed by atoms with Crippen molar-refractivity contribution in [2.45, 2.75) is 275 Å². The molecule has 4 amide bonds. The molecule has 4 saturated heterocycles. The smallest absolute Gasteiger partial charge is 0.239 e. The van der Waals surface area contributed by atoms with Gasteiger partial charge >= 0.3 is 0 Å². The summed E-state index contributed by atoms with van der Waals surface area (Å²) in [7, 11) is 0. The highest BCUT2D eigenvalue weighted by atomic mass is 32.1. The Morgan fingerprint density at radius 3 is 0.948 bits per heavy atom. The number of hydrogen-bond acceptors (Lipinski definition) is 28. The van der Waals surface area contributed by atoms with Crippen molar-refractivity contribution in [2.24, 2.45) is 0 Å². The van der Waals surface area contributed by atoms with Crippen molar-refractivity contribution in [2.75, 3.05) is 99.8 Å². The molecule has 8 aromatic heterocycles. The van der Waals surface area contributed by atoms with Gasteiger partial charge in [0, 0.05) is 154 Å². The number of anilines is 4. The Labute approximate surface area is 805 Å². The fourth-order valence-electron chi connectivity index (χ4n) is 20.9. The van der Waals surface area contributed by atoms with E-state index in [9.17, 15) is 39.6 Å². The molecule has 12 N–H and O–H groups in total. The van der Waals surface area contributed by atoms with E-state index in [1.165, 1.54) is 44.9 Å². The van der Waals surface area contributed by atoms with E-state index in [1.807, 2.05) is 43.4 Å². The second-order valence-corrected chi connectivity index (χ2v) is 42.6. The number of nitrogens with one attached hydrogen (secondary N) is 8. The van der Waals surface area contributed by atoms with E-state index in [0.29, 0.717) is 24.2 Å². The molecule has 36 heteroatoms. The van der Waals surface area contributed by atoms with Crippen LogP contribution < -0.4 is 42.5 Å². The molecule has 722 valence electrons. The summed E-state index contributed by atoms with van der Waals surface area (Å²) < 4.78 is 7.83. The SMILES string of the molecule is CCc1ncc(C2(O)CCC(N3CC(NC(=O)CNc4nn(CC)c5ccc(C)cc45)C3)CC2)s1.CCn1nc(NCC(=O)NC2CN(C3CCC(O)(c4cnc(C)s4)CC3)C2)c2cc(C)ccc21.CCn1nc(NCC(=O)NC2CN(C3CCC(O)(c4cncs4)CC3)C2)c2cc(C)ccc21.CCn1nc(NCC(=O)NC2CN(C3CCC(O)(c4nccs4)CC3)C2)c2cc(C)ccc21. The molecule has 8 aliphatic rings. The molecular weight excluding hydrogens is 1780 g/mol. The van der Waals surface area contributed by atoms with Gasteiger partial charge in [0.05, 0.1) is 103 Å². The molecule has 4 aromatic carbocycles. The van der Waals surface area contributed by atoms with E-state index in [4.69, 9.17) is 0 Å². The first-order valence-electron chi connectivity index (χ1n) is 48.7. The van der Waals surface area contributed by atoms with Gasteiger partial charge < -0.3 is 63.0 Å². The highest BCUT2D eigenvalue weighted by Crippen LogP contribution is 2.46. The summed E-state index contributed by atoms with van der Waals surface area (Å²) in [6.07, 6.45) is 22.1. The van der Waals surface area contributed by atoms with Gasteiger partial charge in [0.25, 0.3) is 0 Å². The lowest BCUT2D eigenvalue weighted by Gasteiger charge is -2.48. The number of fused-ring (bicyclic) bond motifs is 4. The molecule has 0 unspecified atom stereocenters. The van der Waals surface area contributed by atoms with E-state index in [0.717, 1.165) is 284 Å². The van der Waals surface area contributed by atoms with Crippen LogP contribution in [-0.4, -0.2) is 250 Å². The number of likely N-dealkylation sites (tertiary alicyclic amines) is 4. The average molecular weight is 1920 g/mol. The summed E-state index contributed by atoms with van der Waals surface area (Å²) >= 11 is 6.33. The Morgan fingerprint density at radius 1 is 0.378 bits per heavy atom. The summed E-state index contributed by atoms with van der Waals surface area (Å²) in [5.74, 6) is 3.02. The van der Waals surface area contributed by atoms with Crippen molar-refractivity contribution in [3.8, 4) is 0 Å². The van der Waals surface area contributed by atoms with Gasteiger partial charge in [-0.05, 0) is 220 Å². The number of aromatic nitrogens is 12. The maximum Gasteiger partial charge on any atom is 0.239 e. The second kappa shape index (κ2) is 42.2. The third-order valence-electron chi connectivity index (χ3n) is 28.9. The molecule has 32 nitrogen and oxygen atoms in total. The largest absolute Gasteiger partial charge is 0.384 e. The Bertz CT molecular complexity index is 5870. The van der Waals surface area contributed by atoms with E-state index < -0.39 is 22.4 Å². The number of thiazole rings is 4. The Hall–Kier alpha value is -9.96. The first kappa shape index (κ1) is 96.7. The molecule has 4 aliphatic carbocycles. The highest BCUT2D eigenvalue weighted by molar-refractivity contribution is 7.12. The fraction of sp³-hybridized carbons (Fsp3) is 0.556. The maximum absolute atomic E-state index is 12.6. The molecule has 135 heavy (non-hydrogen) atoms. The van der Waals surface area contributed by atoms with Gasteiger partial charge in [0.15, 0.2) is 23.3 Å². The summed E-state index contributed by atoms with van der Waals surface area (Å²) in [6.45, 7) is 31.6. The third kappa shape index (κ3) is 22.3. The minimum absolute atomic E-state index is 0.00329. The van der Waals surface area contributed by atoms with E-state index in [1.54, 1.807) is 40.6 Å². The van der Waals surface area contributed by atoms with Crippen molar-refractivity contribution < 1.29 is 39.6 Å². The lowest BCUT2D eigenvalue weighted by Crippen LogP contribution is -2.63. The molecule has 4 saturated carbocycles. The normalized spacial score (nSPS) is 23.8. The number of rotatable bonds is 29. The number of amides is 4. The number of aryl methyl sites for hydroxylation is 10. The lowest BCUT2D eigenvalue weighted by molar-refractivity contribution is -0.122. The third-order valence-corrected chi connectivity index (χ3v) is 33.3. The first-order chi connectivity index (χ1) is 65.1. The average Bonchev–Trinajstić information content (AvgIpc) is 1.77. The first-order valence-corrected chi connectivity index (χ1v) is 52.1. The molecule has 8 fully saturated rings. The van der Waals surface area contributed by atoms with Gasteiger partial charge in [0.1, 0.15) is 27.4 Å². The molecule has 12 heterocycles. The molecular formula is C99H134N24O8S4. The van der Waals surface area contributed by atoms with Gasteiger partial charge in [0.2, 0.25) is 23.6 Å². The lowest BCUT2D eigenvalue weighted by atomic mass is 9.80. The van der Waals surface area contributed by atoms with Crippen LogP contribution in [0.1, 0.15) is 189 Å². The van der Waals surface area contributed by atoms with Crippen molar-refractivity contribution in [3.05, 3.63) is 160 Å². The van der Waals surface area contributed by atoms with Gasteiger partial charge in [-0.15, -0.1) is 45.3 Å². The Balaban J connectivity index is 0.000000125. The monoisotopic (exact) mass is 1910 g/mol. The maximum atomic E-state index is 12.6. The van der Waals surface area contributed by atoms with Crippen LogP contribution in [0.15, 0.2) is 108 Å². The molecule has 0 radical (unpaired) electrons. The number of aliphatic hydroxyl groups is 4. The van der Waals surface area contributed by atoms with Gasteiger partial charge in [-0.1, -0.05) is 53.4 Å². The zero-order valence-electron chi connectivity index (χ0n) is 79.6. The van der Waals surface area contributed by atoms with Gasteiger partial charge in [-0.3, -0.25) is 62.5 Å². The van der Waals surface area contributed by atoms with Crippen LogP contribution in [0.3, 0.4) is 0 Å². The van der Waals surface area contributed by atoms with Crippen LogP contribution in [0.25, 0.3) is 43.6 Å². The number of carbonyl (C=O) groups is 4. The van der Waals surface area contributed by atoms with Crippen molar-refractivity contribution in [1.82, 2.24) is 99.9 Å². The minimum atomic E-state index is -0.762. The molecule has 0 spiro atoms. The van der Waals surface area contributed by atoms with Crippen molar-refractivity contribution in [1.29, 1.82) is 0 Å². The zero-order valence-corrected chi connectivity index (χ0v) is 82.8. The standard InChI is InChI=1S/C26H36N6O2S.C25H34N6O2S.2C24H32N6O2S/c1-4-24-27-13-22(35-24)26(34)10-8-19(9-11-26)31-15-18(16-31)29-23(33)14-28-25-20-12-17(3)6-7-21(20)32(5-2)30-25;1-4-31-21-6-5-16(2)11-20(21)24(29-31)27-13-23(32)28-18-14-30(15-18)19-7-9-25(33,10-8-19)22-12-26-17(3)34-22;1-3-30-20-5-4-16(2)10-19(20)23(28-30)26-12-22(31)27-17-13-29(14-17)18-6-8-24(32,9-7-18)21-11-25-15-33-21;1-3-30-20-5-4-16(2)12-19(20)22(28-30)26-13-21(31)27-17-14-29(15-17)18-6-8-24(32,9-7-18)23-25-10-11-33-23/h6-7,12-13,18-19,34H,4-5,8-11,14-16H2,1-3H3,(H,28,30)(H,29,33);5-6,11-12,18-19,33H,4,7-10,13-15H2,1-3H3,(H,27,29)(H,28,32);4-5,10-11,15,17-18,32H,3,6-9,12-14H2,1-2H3,(H,26,28)(H,27,31);4-5,10-12,17-18,32H,3,6-9,13-15H2,1-2H3,(H,26,28)(H,27,31). The van der Waals surface area contributed by atoms with E-state index in [-0.39, 0.29) is 74.0 Å². The van der Waals surface area contributed by atoms with Crippen LogP contribution >= 0.6 is 45.3 Å². The van der Waals surface area contributed by atoms with Crippen LogP contribution in [0.4, 0.5) is 23.3 Å². The number of carbonyl (C=O) groups excluding carboxylic acids is 4. The number of nitrogens with zero attached hydrogens (tertiary/aromatic N) is 16. The number of hydrogen-bond donors (Lipinski definition) is 12. The highest BCUT2D eigenvalue weighted by Gasteiger charge is 2.47. The predicted molar refractivity (Wildman–Crippen MR) is 536 cm³/mol. The summed E-state index contributed by atoms with van der Waals surface area (Å²) in [5, 5.41) is 97.1. The van der Waals surface area contributed by atoms with Gasteiger partial charge in [-0.25, -0.2) is 15.0 Å². The summed E-state index contributed by atoms with van der Waals surface area (Å²) in [5.41, 5.74) is 7.88. The Kier molecular flexibility index (Phi) is 30.2. The van der Waals surface area contributed by atoms with Gasteiger partial charge in [-0.2, -0.15) is 20.4 Å². The quantitative estimate of drug-likeness (QED) is 0.0207. The fourth-order valence-corrected chi connectivity index (χ4v) is 24.4. The minimum Gasteiger partial charge on any atom is -0.384 e. The zero-order chi connectivity index (χ0) is 94.5. The van der Waals surface area contributed by atoms with E-state index >= 15 is 0 Å². The van der Waals surface area contributed by atoms with Crippen LogP contribution in [0.5, 0.6) is 0 Å². The number of benzene rings is 4. The predicted octanol–water partition coefficient (Wildman–Crippen LogP) is 12.3. The molecule has 12 aromatic rings. The summed E-state index contributed by atoms with van der Waals surface area (Å²) in [6, 6.07) is 27.8. The topological polar surface area (TPSA) is 381 Å². The van der Waals surface area contributed by atoms with Crippen molar-refractivity contribution in [3.63, 3.8) is 0 Å². The molecule has 0 atom stereocenters. The molecule has 0 bridgehead atoms. The van der Waals surface area contributed by atoms with Crippen LogP contribution in [0.2, 0.25) is 0 Å². The molecule has 20 rings (SSSR count). The Morgan fingerprint density at radius 2 is 0.681 bits per heavy atom. The van der Waals surface area contributed by atoms with Crippen molar-refractivity contribution >= 4 is 136 Å². The second-order valence-electron chi connectivity index (χ2n) is 38.5. The molecule has 4 aliphatic heterocycles. The van der Waals surface area contributed by atoms with Crippen LogP contribution in [0, 0.1) is 34.6 Å². The van der Waals surface area contributed by atoms with E-state index in [2.05, 4.69) is 238 Å².